The topological polar surface area (TPSA) is 63.2 Å². The van der Waals surface area contributed by atoms with Gasteiger partial charge < -0.3 is 15.4 Å². The maximum atomic E-state index is 13.3. The van der Waals surface area contributed by atoms with E-state index in [1.54, 1.807) is 24.3 Å². The first-order chi connectivity index (χ1) is 16.4. The molecule has 1 aliphatic rings. The number of carbonyl (C=O) groups is 1. The summed E-state index contributed by atoms with van der Waals surface area (Å²) in [5, 5.41) is 6.65. The summed E-state index contributed by atoms with van der Waals surface area (Å²) in [5.41, 5.74) is 0.846. The quantitative estimate of drug-likeness (QED) is 0.407. The number of hydrogen-bond acceptors (Lipinski definition) is 3. The second-order valence-corrected chi connectivity index (χ2v) is 8.85. The fraction of sp³-hybridized carbons (Fsp3) is 0.308. The molecule has 2 N–H and O–H groups in total. The molecule has 1 unspecified atom stereocenters. The molecular weight excluding hydrogens is 460 g/mol. The number of nitrogens with zero attached hydrogens (tertiary/aromatic N) is 1. The van der Waals surface area contributed by atoms with Crippen LogP contribution in [0, 0.1) is 0 Å². The molecule has 1 aliphatic carbocycles. The van der Waals surface area contributed by atoms with Gasteiger partial charge in [-0.1, -0.05) is 66.9 Å². The van der Waals surface area contributed by atoms with Crippen molar-refractivity contribution in [3.05, 3.63) is 94.8 Å². The van der Waals surface area contributed by atoms with Crippen LogP contribution in [0.5, 0.6) is 5.75 Å². The first kappa shape index (κ1) is 24.0. The average Bonchev–Trinajstić information content (AvgIpc) is 3.32. The van der Waals surface area contributed by atoms with Crippen molar-refractivity contribution in [2.45, 2.75) is 50.3 Å². The number of aromatic nitrogens is 1. The molecule has 1 atom stereocenters. The van der Waals surface area contributed by atoms with Crippen molar-refractivity contribution in [3.63, 3.8) is 0 Å². The lowest BCUT2D eigenvalue weighted by Crippen LogP contribution is -2.54. The third kappa shape index (κ3) is 5.83. The van der Waals surface area contributed by atoms with E-state index in [-0.39, 0.29) is 17.8 Å². The fourth-order valence-electron chi connectivity index (χ4n) is 4.47. The van der Waals surface area contributed by atoms with Gasteiger partial charge in [0.25, 0.3) is 0 Å². The van der Waals surface area contributed by atoms with Crippen molar-refractivity contribution in [3.8, 4) is 5.75 Å². The Bertz CT molecular complexity index is 1090. The third-order valence-corrected chi connectivity index (χ3v) is 6.27. The molecule has 1 heterocycles. The van der Waals surface area contributed by atoms with Crippen molar-refractivity contribution >= 4 is 17.6 Å². The first-order valence-corrected chi connectivity index (χ1v) is 11.6. The predicted molar refractivity (Wildman–Crippen MR) is 127 cm³/mol. The maximum Gasteiger partial charge on any atom is 0.387 e. The van der Waals surface area contributed by atoms with Crippen LogP contribution in [0.3, 0.4) is 0 Å². The van der Waals surface area contributed by atoms with Crippen LogP contribution in [0.25, 0.3) is 0 Å². The largest absolute Gasteiger partial charge is 0.435 e. The number of urea groups is 1. The zero-order valence-electron chi connectivity index (χ0n) is 18.5. The molecule has 2 aromatic carbocycles. The van der Waals surface area contributed by atoms with Gasteiger partial charge >= 0.3 is 12.6 Å². The summed E-state index contributed by atoms with van der Waals surface area (Å²) in [4.78, 5) is 17.8. The third-order valence-electron chi connectivity index (χ3n) is 6.05. The first-order valence-electron chi connectivity index (χ1n) is 11.2. The van der Waals surface area contributed by atoms with Gasteiger partial charge in [-0.05, 0) is 48.2 Å². The van der Waals surface area contributed by atoms with Crippen molar-refractivity contribution in [1.82, 2.24) is 15.6 Å². The molecule has 0 bridgehead atoms. The highest BCUT2D eigenvalue weighted by Gasteiger charge is 2.39. The molecule has 0 aliphatic heterocycles. The molecule has 0 radical (unpaired) electrons. The van der Waals surface area contributed by atoms with Gasteiger partial charge in [0.05, 0.1) is 10.7 Å². The minimum absolute atomic E-state index is 0.00287. The summed E-state index contributed by atoms with van der Waals surface area (Å²) < 4.78 is 30.6. The van der Waals surface area contributed by atoms with Crippen LogP contribution in [0.15, 0.2) is 72.9 Å². The maximum absolute atomic E-state index is 13.3. The Morgan fingerprint density at radius 2 is 1.85 bits per heavy atom. The summed E-state index contributed by atoms with van der Waals surface area (Å²) in [7, 11) is 0. The van der Waals surface area contributed by atoms with E-state index < -0.39 is 12.2 Å². The highest BCUT2D eigenvalue weighted by molar-refractivity contribution is 6.30. The van der Waals surface area contributed by atoms with Gasteiger partial charge in [-0.25, -0.2) is 4.79 Å². The molecule has 1 aromatic heterocycles. The zero-order chi connectivity index (χ0) is 24.0. The molecule has 34 heavy (non-hydrogen) atoms. The Labute approximate surface area is 202 Å². The van der Waals surface area contributed by atoms with E-state index in [1.807, 2.05) is 30.3 Å². The van der Waals surface area contributed by atoms with E-state index in [2.05, 4.69) is 20.4 Å². The average molecular weight is 486 g/mol. The molecule has 1 saturated carbocycles. The molecule has 1 fully saturated rings. The molecule has 8 heteroatoms. The lowest BCUT2D eigenvalue weighted by molar-refractivity contribution is -0.0499. The predicted octanol–water partition coefficient (Wildman–Crippen LogP) is 6.06. The van der Waals surface area contributed by atoms with Crippen LogP contribution in [0.1, 0.15) is 42.5 Å². The minimum atomic E-state index is -2.97. The number of amides is 2. The summed E-state index contributed by atoms with van der Waals surface area (Å²) in [5.74, 6) is -0.00287. The highest BCUT2D eigenvalue weighted by atomic mass is 35.5. The van der Waals surface area contributed by atoms with E-state index in [0.717, 1.165) is 31.2 Å². The van der Waals surface area contributed by atoms with E-state index in [9.17, 15) is 13.6 Å². The van der Waals surface area contributed by atoms with Crippen LogP contribution >= 0.6 is 11.6 Å². The lowest BCUT2D eigenvalue weighted by atomic mass is 9.80. The lowest BCUT2D eigenvalue weighted by Gasteiger charge is -2.36. The summed E-state index contributed by atoms with van der Waals surface area (Å²) in [6.07, 6.45) is 5.84. The van der Waals surface area contributed by atoms with Crippen molar-refractivity contribution in [2.75, 3.05) is 0 Å². The Morgan fingerprint density at radius 1 is 1.09 bits per heavy atom. The van der Waals surface area contributed by atoms with Gasteiger partial charge in [-0.3, -0.25) is 4.98 Å². The summed E-state index contributed by atoms with van der Waals surface area (Å²) in [6, 6.07) is 19.2. The number of hydrogen-bond donors (Lipinski definition) is 2. The summed E-state index contributed by atoms with van der Waals surface area (Å²) >= 11 is 6.10. The number of rotatable bonds is 8. The molecular formula is C26H26ClF2N3O2. The molecule has 178 valence electrons. The second kappa shape index (κ2) is 10.8. The van der Waals surface area contributed by atoms with Gasteiger partial charge in [0.1, 0.15) is 11.3 Å². The van der Waals surface area contributed by atoms with Gasteiger partial charge in [-0.15, -0.1) is 0 Å². The van der Waals surface area contributed by atoms with Gasteiger partial charge in [0, 0.05) is 18.7 Å². The molecule has 0 saturated heterocycles. The number of halogens is 3. The van der Waals surface area contributed by atoms with E-state index in [0.29, 0.717) is 22.7 Å². The normalized spacial score (nSPS) is 15.6. The van der Waals surface area contributed by atoms with E-state index in [1.165, 1.54) is 18.3 Å². The van der Waals surface area contributed by atoms with Crippen molar-refractivity contribution < 1.29 is 18.3 Å². The van der Waals surface area contributed by atoms with Gasteiger partial charge in [-0.2, -0.15) is 8.78 Å². The van der Waals surface area contributed by atoms with E-state index in [4.69, 9.17) is 11.6 Å². The monoisotopic (exact) mass is 485 g/mol. The standard InChI is InChI=1S/C26H26ClF2N3O2/c27-20-13-14-23(30-17-20)26(16-18-7-2-1-3-8-18,32-25(33)31-21-10-4-5-11-21)19-9-6-12-22(15-19)34-24(28)29/h1-3,6-9,12-15,17,21,24H,4-5,10-11,16H2,(H2,31,32,33). The highest BCUT2D eigenvalue weighted by Crippen LogP contribution is 2.35. The number of ether oxygens (including phenoxy) is 1. The summed E-state index contributed by atoms with van der Waals surface area (Å²) in [6.45, 7) is -2.97. The molecule has 2 amide bonds. The second-order valence-electron chi connectivity index (χ2n) is 8.42. The molecule has 4 rings (SSSR count). The number of pyridine rings is 1. The minimum Gasteiger partial charge on any atom is -0.435 e. The number of alkyl halides is 2. The molecule has 3 aromatic rings. The van der Waals surface area contributed by atoms with Gasteiger partial charge in [0.15, 0.2) is 0 Å². The smallest absolute Gasteiger partial charge is 0.387 e. The Balaban J connectivity index is 1.81. The van der Waals surface area contributed by atoms with Crippen molar-refractivity contribution in [1.29, 1.82) is 0 Å². The fourth-order valence-corrected chi connectivity index (χ4v) is 4.59. The van der Waals surface area contributed by atoms with Crippen LogP contribution in [0.2, 0.25) is 5.02 Å². The SMILES string of the molecule is O=C(NC1CCCC1)NC(Cc1ccccc1)(c1cccc(OC(F)F)c1)c1ccc(Cl)cn1. The molecule has 5 nitrogen and oxygen atoms in total. The Kier molecular flexibility index (Phi) is 7.63. The van der Waals surface area contributed by atoms with E-state index >= 15 is 0 Å². The van der Waals surface area contributed by atoms with Crippen molar-refractivity contribution in [2.24, 2.45) is 0 Å². The number of benzene rings is 2. The Hall–Kier alpha value is -3.19. The van der Waals surface area contributed by atoms with Gasteiger partial charge in [0.2, 0.25) is 0 Å². The zero-order valence-corrected chi connectivity index (χ0v) is 19.3. The van der Waals surface area contributed by atoms with Crippen LogP contribution < -0.4 is 15.4 Å². The molecule has 0 spiro atoms. The van der Waals surface area contributed by atoms with Crippen LogP contribution in [-0.2, 0) is 12.0 Å². The Morgan fingerprint density at radius 3 is 2.53 bits per heavy atom. The van der Waals surface area contributed by atoms with Crippen LogP contribution in [0.4, 0.5) is 13.6 Å². The van der Waals surface area contributed by atoms with Crippen LogP contribution in [-0.4, -0.2) is 23.7 Å². The number of nitrogens with one attached hydrogen (secondary N) is 2. The number of carbonyl (C=O) groups excluding carboxylic acids is 1.